The zero-order valence-corrected chi connectivity index (χ0v) is 16.2. The maximum Gasteiger partial charge on any atom is 0.341 e. The van der Waals surface area contributed by atoms with Gasteiger partial charge >= 0.3 is 5.97 Å². The second-order valence-corrected chi connectivity index (χ2v) is 7.43. The molecule has 0 atom stereocenters. The van der Waals surface area contributed by atoms with Crippen molar-refractivity contribution in [2.45, 2.75) is 13.3 Å². The number of thioether (sulfide) groups is 1. The third-order valence-corrected chi connectivity index (χ3v) is 5.25. The Labute approximate surface area is 166 Å². The van der Waals surface area contributed by atoms with E-state index in [1.165, 1.54) is 11.8 Å². The predicted octanol–water partition coefficient (Wildman–Crippen LogP) is 4.12. The molecule has 5 nitrogen and oxygen atoms in total. The molecule has 1 aliphatic rings. The number of rotatable bonds is 6. The lowest BCUT2D eigenvalue weighted by Crippen LogP contribution is -2.28. The van der Waals surface area contributed by atoms with Crippen LogP contribution < -0.4 is 9.64 Å². The number of carbonyl (C=O) groups is 2. The van der Waals surface area contributed by atoms with Crippen molar-refractivity contribution in [3.8, 4) is 5.75 Å². The summed E-state index contributed by atoms with van der Waals surface area (Å²) >= 11 is 6.70. The molecule has 1 amide bonds. The standard InChI is InChI=1S/C20H17NO4S2/c1-2-14-5-3-4-6-16(14)21-19(24)17(27-20(21)26)11-13-7-9-15(10-8-13)25-12-18(22)23/h3-11H,2,12H2,1H3,(H,22,23)/b17-11+. The van der Waals surface area contributed by atoms with Crippen LogP contribution in [0, 0.1) is 0 Å². The summed E-state index contributed by atoms with van der Waals surface area (Å²) in [4.78, 5) is 25.6. The fraction of sp³-hybridized carbons (Fsp3) is 0.150. The Morgan fingerprint density at radius 1 is 1.22 bits per heavy atom. The monoisotopic (exact) mass is 399 g/mol. The molecule has 0 aromatic heterocycles. The maximum absolute atomic E-state index is 12.9. The Balaban J connectivity index is 1.81. The molecule has 27 heavy (non-hydrogen) atoms. The summed E-state index contributed by atoms with van der Waals surface area (Å²) in [6.45, 7) is 1.65. The van der Waals surface area contributed by atoms with Crippen LogP contribution >= 0.6 is 24.0 Å². The second kappa shape index (κ2) is 8.37. The van der Waals surface area contributed by atoms with Crippen molar-refractivity contribution >= 4 is 51.9 Å². The third-order valence-electron chi connectivity index (χ3n) is 3.95. The molecule has 1 aliphatic heterocycles. The van der Waals surface area contributed by atoms with Gasteiger partial charge < -0.3 is 9.84 Å². The molecule has 0 radical (unpaired) electrons. The predicted molar refractivity (Wildman–Crippen MR) is 111 cm³/mol. The molecule has 7 heteroatoms. The zero-order valence-electron chi connectivity index (χ0n) is 14.5. The van der Waals surface area contributed by atoms with Gasteiger partial charge in [0.15, 0.2) is 10.9 Å². The van der Waals surface area contributed by atoms with Gasteiger partial charge in [0.1, 0.15) is 5.75 Å². The largest absolute Gasteiger partial charge is 0.482 e. The summed E-state index contributed by atoms with van der Waals surface area (Å²) in [5, 5.41) is 8.64. The molecular formula is C20H17NO4S2. The van der Waals surface area contributed by atoms with Crippen molar-refractivity contribution in [3.63, 3.8) is 0 Å². The van der Waals surface area contributed by atoms with Gasteiger partial charge in [-0.05, 0) is 41.8 Å². The highest BCUT2D eigenvalue weighted by Crippen LogP contribution is 2.37. The van der Waals surface area contributed by atoms with E-state index in [0.717, 1.165) is 23.2 Å². The highest BCUT2D eigenvalue weighted by Gasteiger charge is 2.34. The van der Waals surface area contributed by atoms with Crippen LogP contribution in [0.3, 0.4) is 0 Å². The van der Waals surface area contributed by atoms with Gasteiger partial charge in [0.25, 0.3) is 5.91 Å². The van der Waals surface area contributed by atoms with Crippen LogP contribution in [-0.2, 0) is 16.0 Å². The van der Waals surface area contributed by atoms with E-state index in [0.29, 0.717) is 15.0 Å². The Bertz CT molecular complexity index is 922. The maximum atomic E-state index is 12.9. The Morgan fingerprint density at radius 3 is 2.59 bits per heavy atom. The highest BCUT2D eigenvalue weighted by atomic mass is 32.2. The molecule has 0 aliphatic carbocycles. The van der Waals surface area contributed by atoms with Gasteiger partial charge in [-0.15, -0.1) is 0 Å². The molecule has 0 saturated carbocycles. The Morgan fingerprint density at radius 2 is 1.93 bits per heavy atom. The number of anilines is 1. The van der Waals surface area contributed by atoms with Crippen LogP contribution in [0.5, 0.6) is 5.75 Å². The van der Waals surface area contributed by atoms with Crippen LogP contribution in [0.4, 0.5) is 5.69 Å². The van der Waals surface area contributed by atoms with Crippen molar-refractivity contribution in [1.29, 1.82) is 0 Å². The first-order valence-electron chi connectivity index (χ1n) is 8.30. The molecule has 1 saturated heterocycles. The number of carboxylic acid groups (broad SMARTS) is 1. The molecule has 0 spiro atoms. The molecule has 2 aromatic carbocycles. The molecule has 0 bridgehead atoms. The Kier molecular flexibility index (Phi) is 5.93. The lowest BCUT2D eigenvalue weighted by molar-refractivity contribution is -0.139. The first-order valence-corrected chi connectivity index (χ1v) is 9.52. The lowest BCUT2D eigenvalue weighted by atomic mass is 10.1. The minimum atomic E-state index is -1.03. The molecule has 1 fully saturated rings. The molecule has 1 heterocycles. The number of para-hydroxylation sites is 1. The van der Waals surface area contributed by atoms with Crippen molar-refractivity contribution in [3.05, 3.63) is 64.6 Å². The van der Waals surface area contributed by atoms with Gasteiger partial charge in [-0.25, -0.2) is 4.79 Å². The first kappa shape index (κ1) is 19.1. The summed E-state index contributed by atoms with van der Waals surface area (Å²) < 4.78 is 5.62. The van der Waals surface area contributed by atoms with Crippen LogP contribution in [0.15, 0.2) is 53.4 Å². The summed E-state index contributed by atoms with van der Waals surface area (Å²) in [6.07, 6.45) is 2.58. The normalized spacial score (nSPS) is 15.4. The Hall–Kier alpha value is -2.64. The fourth-order valence-corrected chi connectivity index (χ4v) is 3.94. The summed E-state index contributed by atoms with van der Waals surface area (Å²) in [5.41, 5.74) is 2.69. The van der Waals surface area contributed by atoms with Crippen LogP contribution in [0.2, 0.25) is 0 Å². The topological polar surface area (TPSA) is 66.8 Å². The molecule has 3 rings (SSSR count). The summed E-state index contributed by atoms with van der Waals surface area (Å²) in [6, 6.07) is 14.6. The SMILES string of the molecule is CCc1ccccc1N1C(=O)/C(=C\c2ccc(OCC(=O)O)cc2)SC1=S. The van der Waals surface area contributed by atoms with E-state index in [-0.39, 0.29) is 5.91 Å². The quantitative estimate of drug-likeness (QED) is 0.582. The minimum Gasteiger partial charge on any atom is -0.482 e. The van der Waals surface area contributed by atoms with Gasteiger partial charge in [0, 0.05) is 0 Å². The van der Waals surface area contributed by atoms with Crippen molar-refractivity contribution in [1.82, 2.24) is 0 Å². The minimum absolute atomic E-state index is 0.142. The number of amides is 1. The lowest BCUT2D eigenvalue weighted by Gasteiger charge is -2.18. The molecule has 2 aromatic rings. The van der Waals surface area contributed by atoms with Gasteiger partial charge in [0.05, 0.1) is 10.6 Å². The van der Waals surface area contributed by atoms with E-state index in [2.05, 4.69) is 0 Å². The molecule has 1 N–H and O–H groups in total. The van der Waals surface area contributed by atoms with Gasteiger partial charge in [-0.3, -0.25) is 9.69 Å². The third kappa shape index (κ3) is 4.37. The van der Waals surface area contributed by atoms with Crippen LogP contribution in [0.25, 0.3) is 6.08 Å². The van der Waals surface area contributed by atoms with E-state index < -0.39 is 12.6 Å². The van der Waals surface area contributed by atoms with E-state index in [1.807, 2.05) is 31.2 Å². The van der Waals surface area contributed by atoms with Crippen molar-refractivity contribution in [2.75, 3.05) is 11.5 Å². The van der Waals surface area contributed by atoms with E-state index >= 15 is 0 Å². The molecule has 0 unspecified atom stereocenters. The smallest absolute Gasteiger partial charge is 0.341 e. The molecule has 138 valence electrons. The summed E-state index contributed by atoms with van der Waals surface area (Å²) in [5.74, 6) is -0.716. The summed E-state index contributed by atoms with van der Waals surface area (Å²) in [7, 11) is 0. The number of carboxylic acids is 1. The van der Waals surface area contributed by atoms with Gasteiger partial charge in [-0.2, -0.15) is 0 Å². The number of thiocarbonyl (C=S) groups is 1. The van der Waals surface area contributed by atoms with Gasteiger partial charge in [0.2, 0.25) is 0 Å². The number of hydrogen-bond donors (Lipinski definition) is 1. The number of ether oxygens (including phenoxy) is 1. The average molecular weight is 399 g/mol. The number of benzene rings is 2. The van der Waals surface area contributed by atoms with Crippen molar-refractivity contribution < 1.29 is 19.4 Å². The molecular weight excluding hydrogens is 382 g/mol. The number of hydrogen-bond acceptors (Lipinski definition) is 5. The van der Waals surface area contributed by atoms with Crippen molar-refractivity contribution in [2.24, 2.45) is 0 Å². The number of aryl methyl sites for hydroxylation is 1. The fourth-order valence-electron chi connectivity index (χ4n) is 2.66. The van der Waals surface area contributed by atoms with Crippen LogP contribution in [-0.4, -0.2) is 27.9 Å². The average Bonchev–Trinajstić information content (AvgIpc) is 2.94. The van der Waals surface area contributed by atoms with Crippen LogP contribution in [0.1, 0.15) is 18.1 Å². The highest BCUT2D eigenvalue weighted by molar-refractivity contribution is 8.27. The van der Waals surface area contributed by atoms with E-state index in [9.17, 15) is 9.59 Å². The second-order valence-electron chi connectivity index (χ2n) is 5.75. The zero-order chi connectivity index (χ0) is 19.4. The van der Waals surface area contributed by atoms with Gasteiger partial charge in [-0.1, -0.05) is 61.2 Å². The number of carbonyl (C=O) groups excluding carboxylic acids is 1. The van der Waals surface area contributed by atoms with E-state index in [1.54, 1.807) is 35.2 Å². The first-order chi connectivity index (χ1) is 13.0. The van der Waals surface area contributed by atoms with E-state index in [4.69, 9.17) is 22.1 Å². The number of aliphatic carboxylic acids is 1. The number of nitrogens with zero attached hydrogens (tertiary/aromatic N) is 1.